The Hall–Kier alpha value is -3.58. The molecule has 13 heteroatoms. The summed E-state index contributed by atoms with van der Waals surface area (Å²) in [4.78, 5) is 14.0. The Morgan fingerprint density at radius 1 is 0.811 bits per heavy atom. The number of halogens is 6. The van der Waals surface area contributed by atoms with Gasteiger partial charge in [0.2, 0.25) is 10.0 Å². The quantitative estimate of drug-likeness (QED) is 0.376. The van der Waals surface area contributed by atoms with E-state index in [9.17, 15) is 39.6 Å². The molecule has 6 nitrogen and oxygen atoms in total. The Bertz CT molecular complexity index is 1340. The summed E-state index contributed by atoms with van der Waals surface area (Å²) in [6.45, 7) is -0.247. The van der Waals surface area contributed by atoms with Gasteiger partial charge in [-0.05, 0) is 53.9 Å². The van der Waals surface area contributed by atoms with Crippen molar-refractivity contribution in [2.75, 3.05) is 11.9 Å². The Morgan fingerprint density at radius 2 is 1.38 bits per heavy atom. The van der Waals surface area contributed by atoms with E-state index in [1.165, 1.54) is 48.5 Å². The normalized spacial score (nSPS) is 12.3. The van der Waals surface area contributed by atoms with E-state index in [2.05, 4.69) is 5.32 Å². The molecule has 3 N–H and O–H groups in total. The highest BCUT2D eigenvalue weighted by molar-refractivity contribution is 7.89. The molecule has 0 radical (unpaired) electrons. The highest BCUT2D eigenvalue weighted by Gasteiger charge is 2.34. The minimum atomic E-state index is -4.73. The number of hydrogen-bond donors (Lipinski definition) is 2. The first-order chi connectivity index (χ1) is 17.1. The average molecular weight is 546 g/mol. The molecule has 3 rings (SSSR count). The Labute approximate surface area is 208 Å². The number of nitrogens with two attached hydrogens (primary N) is 1. The van der Waals surface area contributed by atoms with Gasteiger partial charge in [0.15, 0.2) is 0 Å². The molecule has 0 aliphatic rings. The molecule has 3 aromatic rings. The number of nitrogens with zero attached hydrogens (tertiary/aromatic N) is 1. The van der Waals surface area contributed by atoms with Crippen LogP contribution in [-0.2, 0) is 35.3 Å². The van der Waals surface area contributed by atoms with E-state index in [0.717, 1.165) is 29.2 Å². The van der Waals surface area contributed by atoms with E-state index >= 15 is 0 Å². The van der Waals surface area contributed by atoms with Gasteiger partial charge in [-0.3, -0.25) is 0 Å². The van der Waals surface area contributed by atoms with Crippen LogP contribution in [0, 0.1) is 0 Å². The summed E-state index contributed by atoms with van der Waals surface area (Å²) in [7, 11) is -3.92. The topological polar surface area (TPSA) is 92.5 Å². The van der Waals surface area contributed by atoms with Crippen LogP contribution >= 0.6 is 0 Å². The third kappa shape index (κ3) is 7.70. The van der Waals surface area contributed by atoms with Gasteiger partial charge in [-0.15, -0.1) is 0 Å². The summed E-state index contributed by atoms with van der Waals surface area (Å²) >= 11 is 0. The first-order valence-electron chi connectivity index (χ1n) is 10.6. The first kappa shape index (κ1) is 28.0. The molecule has 0 saturated carbocycles. The fourth-order valence-corrected chi connectivity index (χ4v) is 3.93. The standard InChI is InChI=1S/C24H21F6N3O3S/c25-23(26,27)18-9-5-17(6-10-18)15-33(14-13-16-7-11-19(12-8-16)37(31,35)36)22(34)32-21-4-2-1-3-20(21)24(28,29)30/h1-12H,13-15H2,(H,32,34)(H2,31,35,36). The zero-order valence-corrected chi connectivity index (χ0v) is 19.8. The Kier molecular flexibility index (Phi) is 8.18. The van der Waals surface area contributed by atoms with Crippen molar-refractivity contribution in [3.05, 3.63) is 95.1 Å². The lowest BCUT2D eigenvalue weighted by atomic mass is 10.1. The zero-order chi connectivity index (χ0) is 27.4. The van der Waals surface area contributed by atoms with Crippen LogP contribution in [0.1, 0.15) is 22.3 Å². The Morgan fingerprint density at radius 3 is 1.92 bits per heavy atom. The minimum absolute atomic E-state index is 0.0459. The predicted octanol–water partition coefficient (Wildman–Crippen LogP) is 5.65. The summed E-state index contributed by atoms with van der Waals surface area (Å²) in [5, 5.41) is 7.30. The Balaban J connectivity index is 1.83. The average Bonchev–Trinajstić information content (AvgIpc) is 2.81. The molecule has 0 fully saturated rings. The summed E-state index contributed by atoms with van der Waals surface area (Å²) < 4.78 is 102. The number of hydrogen-bond acceptors (Lipinski definition) is 3. The number of alkyl halides is 6. The van der Waals surface area contributed by atoms with Crippen molar-refractivity contribution >= 4 is 21.7 Å². The summed E-state index contributed by atoms with van der Waals surface area (Å²) in [5.41, 5.74) is -1.52. The van der Waals surface area contributed by atoms with Gasteiger partial charge in [-0.2, -0.15) is 26.3 Å². The van der Waals surface area contributed by atoms with E-state index in [4.69, 9.17) is 5.14 Å². The highest BCUT2D eigenvalue weighted by Crippen LogP contribution is 2.35. The van der Waals surface area contributed by atoms with Gasteiger partial charge in [0.25, 0.3) is 0 Å². The molecule has 0 aromatic heterocycles. The molecule has 0 bridgehead atoms. The third-order valence-corrected chi connectivity index (χ3v) is 6.27. The summed E-state index contributed by atoms with van der Waals surface area (Å²) in [6.07, 6.45) is -9.12. The number of rotatable bonds is 7. The highest BCUT2D eigenvalue weighted by atomic mass is 32.2. The van der Waals surface area contributed by atoms with Crippen LogP contribution in [-0.4, -0.2) is 25.9 Å². The van der Waals surface area contributed by atoms with Crippen molar-refractivity contribution < 1.29 is 39.6 Å². The van der Waals surface area contributed by atoms with Crippen LogP contribution in [0.25, 0.3) is 0 Å². The molecule has 3 aromatic carbocycles. The maximum absolute atomic E-state index is 13.4. The van der Waals surface area contributed by atoms with Gasteiger partial charge in [0, 0.05) is 13.1 Å². The molecule has 0 atom stereocenters. The first-order valence-corrected chi connectivity index (χ1v) is 12.2. The molecule has 0 saturated heterocycles. The second-order valence-electron chi connectivity index (χ2n) is 8.03. The second kappa shape index (κ2) is 10.8. The van der Waals surface area contributed by atoms with Crippen LogP contribution in [0.15, 0.2) is 77.7 Å². The summed E-state index contributed by atoms with van der Waals surface area (Å²) in [5.74, 6) is 0. The van der Waals surface area contributed by atoms with Crippen molar-refractivity contribution in [3.8, 4) is 0 Å². The number of anilines is 1. The lowest BCUT2D eigenvalue weighted by Gasteiger charge is -2.24. The number of amides is 2. The van der Waals surface area contributed by atoms with Crippen LogP contribution < -0.4 is 10.5 Å². The van der Waals surface area contributed by atoms with Gasteiger partial charge < -0.3 is 10.2 Å². The van der Waals surface area contributed by atoms with E-state index in [0.29, 0.717) is 11.1 Å². The number of sulfonamides is 1. The molecular formula is C24H21F6N3O3S. The molecule has 0 spiro atoms. The second-order valence-corrected chi connectivity index (χ2v) is 9.59. The third-order valence-electron chi connectivity index (χ3n) is 5.34. The number of urea groups is 1. The fourth-order valence-electron chi connectivity index (χ4n) is 3.42. The van der Waals surface area contributed by atoms with Crippen molar-refractivity contribution in [1.29, 1.82) is 0 Å². The van der Waals surface area contributed by atoms with Gasteiger partial charge in [0.05, 0.1) is 21.7 Å². The summed E-state index contributed by atoms with van der Waals surface area (Å²) in [6, 6.07) is 13.0. The van der Waals surface area contributed by atoms with Gasteiger partial charge in [-0.1, -0.05) is 36.4 Å². The number of nitrogens with one attached hydrogen (secondary N) is 1. The van der Waals surface area contributed by atoms with Crippen LogP contribution in [0.2, 0.25) is 0 Å². The van der Waals surface area contributed by atoms with Crippen molar-refractivity contribution in [2.24, 2.45) is 5.14 Å². The number of carbonyl (C=O) groups is 1. The smallest absolute Gasteiger partial charge is 0.320 e. The zero-order valence-electron chi connectivity index (χ0n) is 19.0. The molecular weight excluding hydrogens is 524 g/mol. The number of primary sulfonamides is 1. The van der Waals surface area contributed by atoms with E-state index in [1.54, 1.807) is 0 Å². The van der Waals surface area contributed by atoms with Crippen molar-refractivity contribution in [1.82, 2.24) is 4.90 Å². The number of para-hydroxylation sites is 1. The van der Waals surface area contributed by atoms with Gasteiger partial charge in [-0.25, -0.2) is 18.4 Å². The van der Waals surface area contributed by atoms with Crippen molar-refractivity contribution in [2.45, 2.75) is 30.2 Å². The van der Waals surface area contributed by atoms with Crippen molar-refractivity contribution in [3.63, 3.8) is 0 Å². The molecule has 2 amide bonds. The maximum Gasteiger partial charge on any atom is 0.418 e. The van der Waals surface area contributed by atoms with E-state index in [1.807, 2.05) is 0 Å². The molecule has 0 unspecified atom stereocenters. The van der Waals surface area contributed by atoms with E-state index in [-0.39, 0.29) is 24.4 Å². The maximum atomic E-state index is 13.4. The van der Waals surface area contributed by atoms with Crippen LogP contribution in [0.5, 0.6) is 0 Å². The van der Waals surface area contributed by atoms with Crippen LogP contribution in [0.4, 0.5) is 36.8 Å². The molecule has 198 valence electrons. The fraction of sp³-hybridized carbons (Fsp3) is 0.208. The lowest BCUT2D eigenvalue weighted by molar-refractivity contribution is -0.138. The SMILES string of the molecule is NS(=O)(=O)c1ccc(CCN(Cc2ccc(C(F)(F)F)cc2)C(=O)Nc2ccccc2C(F)(F)F)cc1. The van der Waals surface area contributed by atoms with Crippen LogP contribution in [0.3, 0.4) is 0 Å². The molecule has 37 heavy (non-hydrogen) atoms. The molecule has 0 heterocycles. The minimum Gasteiger partial charge on any atom is -0.320 e. The molecule has 0 aliphatic carbocycles. The van der Waals surface area contributed by atoms with E-state index < -0.39 is 45.2 Å². The number of benzene rings is 3. The predicted molar refractivity (Wildman–Crippen MR) is 124 cm³/mol. The van der Waals surface area contributed by atoms with Gasteiger partial charge in [0.1, 0.15) is 0 Å². The van der Waals surface area contributed by atoms with Gasteiger partial charge >= 0.3 is 18.4 Å². The largest absolute Gasteiger partial charge is 0.418 e. The number of carbonyl (C=O) groups excluding carboxylic acids is 1. The monoisotopic (exact) mass is 545 g/mol. The molecule has 0 aliphatic heterocycles. The lowest BCUT2D eigenvalue weighted by Crippen LogP contribution is -2.36.